The molecule has 10 heteroatoms. The lowest BCUT2D eigenvalue weighted by atomic mass is 10.0. The summed E-state index contributed by atoms with van der Waals surface area (Å²) in [5, 5.41) is 0.417. The third kappa shape index (κ3) is 4.17. The van der Waals surface area contributed by atoms with Gasteiger partial charge in [-0.1, -0.05) is 36.4 Å². The molecule has 3 N–H and O–H groups in total. The quantitative estimate of drug-likeness (QED) is 0.334. The van der Waals surface area contributed by atoms with Gasteiger partial charge in [0.1, 0.15) is 11.3 Å². The summed E-state index contributed by atoms with van der Waals surface area (Å²) in [4.78, 5) is 11.9. The Bertz CT molecular complexity index is 1480. The summed E-state index contributed by atoms with van der Waals surface area (Å²) in [5.41, 5.74) is 5.26. The zero-order chi connectivity index (χ0) is 23.1. The summed E-state index contributed by atoms with van der Waals surface area (Å²) in [6, 6.07) is 16.4. The molecule has 0 aliphatic carbocycles. The number of anilines is 2. The molecule has 164 valence electrons. The normalized spacial score (nSPS) is 12.1. The van der Waals surface area contributed by atoms with Gasteiger partial charge in [-0.3, -0.25) is 4.72 Å². The number of halogens is 3. The molecule has 0 aliphatic rings. The number of benzene rings is 3. The maximum absolute atomic E-state index is 12.9. The molecule has 1 heterocycles. The maximum Gasteiger partial charge on any atom is 0.416 e. The van der Waals surface area contributed by atoms with Crippen LogP contribution in [0, 0.1) is 0 Å². The van der Waals surface area contributed by atoms with Crippen LogP contribution in [-0.2, 0) is 16.2 Å². The van der Waals surface area contributed by atoms with E-state index in [1.165, 1.54) is 6.07 Å². The van der Waals surface area contributed by atoms with Gasteiger partial charge in [0.25, 0.3) is 10.0 Å². The minimum absolute atomic E-state index is 0.226. The largest absolute Gasteiger partial charge is 0.421 e. The average molecular weight is 460 g/mol. The van der Waals surface area contributed by atoms with Crippen molar-refractivity contribution in [2.45, 2.75) is 11.1 Å². The van der Waals surface area contributed by atoms with Gasteiger partial charge in [0.15, 0.2) is 0 Å². The third-order valence-electron chi connectivity index (χ3n) is 4.70. The monoisotopic (exact) mass is 460 g/mol. The minimum atomic E-state index is -4.72. The molecule has 0 aliphatic heterocycles. The van der Waals surface area contributed by atoms with E-state index in [0.29, 0.717) is 22.7 Å². The molecule has 4 rings (SSSR count). The highest BCUT2D eigenvalue weighted by Crippen LogP contribution is 2.32. The first kappa shape index (κ1) is 21.4. The van der Waals surface area contributed by atoms with E-state index < -0.39 is 38.0 Å². The van der Waals surface area contributed by atoms with Crippen molar-refractivity contribution in [2.75, 3.05) is 10.5 Å². The summed E-state index contributed by atoms with van der Waals surface area (Å²) >= 11 is 0. The van der Waals surface area contributed by atoms with Gasteiger partial charge in [0, 0.05) is 16.6 Å². The molecular weight excluding hydrogens is 445 g/mol. The predicted octanol–water partition coefficient (Wildman–Crippen LogP) is 4.86. The summed E-state index contributed by atoms with van der Waals surface area (Å²) in [5.74, 6) is 0. The van der Waals surface area contributed by atoms with E-state index in [2.05, 4.69) is 0 Å². The lowest BCUT2D eigenvalue weighted by Crippen LogP contribution is -2.19. The highest BCUT2D eigenvalue weighted by molar-refractivity contribution is 7.92. The van der Waals surface area contributed by atoms with Crippen LogP contribution in [-0.4, -0.2) is 8.42 Å². The van der Waals surface area contributed by atoms with Crippen molar-refractivity contribution in [3.8, 4) is 11.1 Å². The Morgan fingerprint density at radius 1 is 0.906 bits per heavy atom. The van der Waals surface area contributed by atoms with Crippen molar-refractivity contribution in [3.05, 3.63) is 88.8 Å². The van der Waals surface area contributed by atoms with Crippen LogP contribution in [0.4, 0.5) is 24.5 Å². The van der Waals surface area contributed by atoms with Crippen molar-refractivity contribution >= 4 is 32.4 Å². The second-order valence-corrected chi connectivity index (χ2v) is 8.61. The van der Waals surface area contributed by atoms with Crippen molar-refractivity contribution in [1.29, 1.82) is 0 Å². The highest BCUT2D eigenvalue weighted by atomic mass is 32.2. The fraction of sp³-hybridized carbons (Fsp3) is 0.0455. The van der Waals surface area contributed by atoms with Crippen LogP contribution in [0.1, 0.15) is 5.56 Å². The Balaban J connectivity index is 1.75. The highest BCUT2D eigenvalue weighted by Gasteiger charge is 2.31. The number of hydrogen-bond acceptors (Lipinski definition) is 5. The van der Waals surface area contributed by atoms with Gasteiger partial charge >= 0.3 is 11.8 Å². The van der Waals surface area contributed by atoms with Crippen molar-refractivity contribution in [2.24, 2.45) is 0 Å². The number of sulfonamides is 1. The molecular formula is C22H15F3N2O4S. The second kappa shape index (κ2) is 7.72. The molecule has 0 bridgehead atoms. The number of nitrogens with one attached hydrogen (secondary N) is 1. The Kier molecular flexibility index (Phi) is 5.17. The fourth-order valence-electron chi connectivity index (χ4n) is 3.15. The molecule has 0 fully saturated rings. The molecule has 1 aromatic heterocycles. The Labute approximate surface area is 180 Å². The average Bonchev–Trinajstić information content (AvgIpc) is 2.74. The van der Waals surface area contributed by atoms with Crippen LogP contribution in [0.3, 0.4) is 0 Å². The van der Waals surface area contributed by atoms with E-state index in [0.717, 1.165) is 23.8 Å². The number of fused-ring (bicyclic) bond motifs is 1. The van der Waals surface area contributed by atoms with E-state index in [9.17, 15) is 26.4 Å². The fourth-order valence-corrected chi connectivity index (χ4v) is 4.24. The van der Waals surface area contributed by atoms with E-state index in [1.807, 2.05) is 4.72 Å². The van der Waals surface area contributed by atoms with Gasteiger partial charge in [-0.05, 0) is 42.0 Å². The minimum Gasteiger partial charge on any atom is -0.421 e. The molecule has 0 unspecified atom stereocenters. The summed E-state index contributed by atoms with van der Waals surface area (Å²) < 4.78 is 71.4. The van der Waals surface area contributed by atoms with Gasteiger partial charge in [0.05, 0.1) is 10.5 Å². The molecule has 0 spiro atoms. The lowest BCUT2D eigenvalue weighted by Gasteiger charge is -2.11. The van der Waals surface area contributed by atoms with Crippen molar-refractivity contribution < 1.29 is 26.0 Å². The van der Waals surface area contributed by atoms with Crippen molar-refractivity contribution in [3.63, 3.8) is 0 Å². The smallest absolute Gasteiger partial charge is 0.416 e. The van der Waals surface area contributed by atoms with Crippen LogP contribution in [0.2, 0.25) is 0 Å². The summed E-state index contributed by atoms with van der Waals surface area (Å²) in [6.07, 6.45) is -4.72. The molecule has 4 aromatic rings. The molecule has 32 heavy (non-hydrogen) atoms. The van der Waals surface area contributed by atoms with Crippen LogP contribution in [0.25, 0.3) is 22.1 Å². The number of nitrogen functional groups attached to an aromatic ring is 1. The molecule has 0 radical (unpaired) electrons. The Morgan fingerprint density at radius 2 is 1.59 bits per heavy atom. The maximum atomic E-state index is 12.9. The van der Waals surface area contributed by atoms with E-state index in [4.69, 9.17) is 10.2 Å². The predicted molar refractivity (Wildman–Crippen MR) is 115 cm³/mol. The van der Waals surface area contributed by atoms with Gasteiger partial charge in [-0.2, -0.15) is 13.2 Å². The first-order valence-corrected chi connectivity index (χ1v) is 10.7. The summed E-state index contributed by atoms with van der Waals surface area (Å²) in [6.45, 7) is 0. The standard InChI is InChI=1S/C22H15F3N2O4S/c23-22(24,25)15-4-2-5-17(12-15)32(29,30)27-19-11-14-3-1-6-18(20(14)31-21(19)28)13-7-9-16(26)10-8-13/h1-12,27H,26H2. The molecule has 6 nitrogen and oxygen atoms in total. The van der Waals surface area contributed by atoms with Gasteiger partial charge < -0.3 is 10.2 Å². The zero-order valence-electron chi connectivity index (χ0n) is 16.2. The SMILES string of the molecule is Nc1ccc(-c2cccc3cc(NS(=O)(=O)c4cccc(C(F)(F)F)c4)c(=O)oc23)cc1. The van der Waals surface area contributed by atoms with Crippen molar-refractivity contribution in [1.82, 2.24) is 0 Å². The molecule has 3 aromatic carbocycles. The number of para-hydroxylation sites is 1. The lowest BCUT2D eigenvalue weighted by molar-refractivity contribution is -0.137. The van der Waals surface area contributed by atoms with Crippen LogP contribution < -0.4 is 16.1 Å². The van der Waals surface area contributed by atoms with Crippen LogP contribution in [0.15, 0.2) is 86.9 Å². The van der Waals surface area contributed by atoms with E-state index in [-0.39, 0.29) is 5.58 Å². The topological polar surface area (TPSA) is 102 Å². The number of nitrogens with two attached hydrogens (primary N) is 1. The second-order valence-electron chi connectivity index (χ2n) is 6.92. The molecule has 0 saturated heterocycles. The summed E-state index contributed by atoms with van der Waals surface area (Å²) in [7, 11) is -4.48. The molecule has 0 amide bonds. The third-order valence-corrected chi connectivity index (χ3v) is 6.06. The van der Waals surface area contributed by atoms with Crippen LogP contribution >= 0.6 is 0 Å². The first-order valence-electron chi connectivity index (χ1n) is 9.17. The van der Waals surface area contributed by atoms with Gasteiger partial charge in [0.2, 0.25) is 0 Å². The van der Waals surface area contributed by atoms with Gasteiger partial charge in [-0.15, -0.1) is 0 Å². The Hall–Kier alpha value is -3.79. The zero-order valence-corrected chi connectivity index (χ0v) is 17.0. The first-order chi connectivity index (χ1) is 15.0. The van der Waals surface area contributed by atoms with Crippen LogP contribution in [0.5, 0.6) is 0 Å². The van der Waals surface area contributed by atoms with E-state index in [1.54, 1.807) is 42.5 Å². The molecule has 0 atom stereocenters. The molecule has 0 saturated carbocycles. The number of alkyl halides is 3. The van der Waals surface area contributed by atoms with E-state index >= 15 is 0 Å². The number of hydrogen-bond donors (Lipinski definition) is 2. The number of rotatable bonds is 4. The van der Waals surface area contributed by atoms with Gasteiger partial charge in [-0.25, -0.2) is 13.2 Å². The Morgan fingerprint density at radius 3 is 2.28 bits per heavy atom.